The third kappa shape index (κ3) is 3.39. The van der Waals surface area contributed by atoms with Crippen LogP contribution in [-0.4, -0.2) is 40.0 Å². The third-order valence-corrected chi connectivity index (χ3v) is 4.22. The Bertz CT molecular complexity index is 715. The molecule has 1 atom stereocenters. The summed E-state index contributed by atoms with van der Waals surface area (Å²) in [5.41, 5.74) is 1.86. The van der Waals surface area contributed by atoms with Crippen LogP contribution in [0.4, 0.5) is 0 Å². The minimum atomic E-state index is -0.925. The van der Waals surface area contributed by atoms with Gasteiger partial charge in [-0.15, -0.1) is 0 Å². The molecular weight excluding hydrogens is 292 g/mol. The molecule has 23 heavy (non-hydrogen) atoms. The van der Waals surface area contributed by atoms with Gasteiger partial charge in [-0.2, -0.15) is 0 Å². The standard InChI is InChI=1S/C18H18N2O3/c21-17(15-6-2-8-19-11-15)20-9-3-7-16(12-20)13-4-1-5-14(10-13)18(22)23/h1-2,4-6,8,10-11,16H,3,7,9,12H2,(H,22,23)/t16-/m0/s1. The number of carbonyl (C=O) groups is 2. The molecule has 1 N–H and O–H groups in total. The fourth-order valence-electron chi connectivity index (χ4n) is 3.03. The molecule has 1 aliphatic rings. The summed E-state index contributed by atoms with van der Waals surface area (Å²) in [5.74, 6) is -0.771. The topological polar surface area (TPSA) is 70.5 Å². The fourth-order valence-corrected chi connectivity index (χ4v) is 3.03. The normalized spacial score (nSPS) is 17.7. The van der Waals surface area contributed by atoms with E-state index in [-0.39, 0.29) is 11.8 Å². The number of carbonyl (C=O) groups excluding carboxylic acids is 1. The number of likely N-dealkylation sites (tertiary alicyclic amines) is 1. The van der Waals surface area contributed by atoms with Gasteiger partial charge in [0.2, 0.25) is 0 Å². The lowest BCUT2D eigenvalue weighted by molar-refractivity contribution is 0.0687. The predicted molar refractivity (Wildman–Crippen MR) is 85.5 cm³/mol. The van der Waals surface area contributed by atoms with Crippen molar-refractivity contribution < 1.29 is 14.7 Å². The summed E-state index contributed by atoms with van der Waals surface area (Å²) in [7, 11) is 0. The molecule has 0 spiro atoms. The number of amides is 1. The lowest BCUT2D eigenvalue weighted by Gasteiger charge is -2.33. The van der Waals surface area contributed by atoms with Crippen LogP contribution in [0, 0.1) is 0 Å². The van der Waals surface area contributed by atoms with Crippen LogP contribution in [0.25, 0.3) is 0 Å². The first-order valence-electron chi connectivity index (χ1n) is 7.67. The fraction of sp³-hybridized carbons (Fsp3) is 0.278. The maximum absolute atomic E-state index is 12.5. The first kappa shape index (κ1) is 15.2. The van der Waals surface area contributed by atoms with Crippen molar-refractivity contribution in [1.82, 2.24) is 9.88 Å². The van der Waals surface area contributed by atoms with Crippen LogP contribution < -0.4 is 0 Å². The number of nitrogens with zero attached hydrogens (tertiary/aromatic N) is 2. The van der Waals surface area contributed by atoms with Gasteiger partial charge in [0.1, 0.15) is 0 Å². The van der Waals surface area contributed by atoms with E-state index in [1.165, 1.54) is 0 Å². The number of rotatable bonds is 3. The highest BCUT2D eigenvalue weighted by Gasteiger charge is 2.26. The number of benzene rings is 1. The van der Waals surface area contributed by atoms with Crippen molar-refractivity contribution in [2.45, 2.75) is 18.8 Å². The molecule has 5 heteroatoms. The Labute approximate surface area is 134 Å². The third-order valence-electron chi connectivity index (χ3n) is 4.22. The largest absolute Gasteiger partial charge is 0.478 e. The molecule has 1 aliphatic heterocycles. The molecule has 0 unspecified atom stereocenters. The molecule has 2 aromatic rings. The van der Waals surface area contributed by atoms with Crippen molar-refractivity contribution >= 4 is 11.9 Å². The number of aromatic carboxylic acids is 1. The quantitative estimate of drug-likeness (QED) is 0.946. The van der Waals surface area contributed by atoms with Gasteiger partial charge in [0, 0.05) is 31.4 Å². The van der Waals surface area contributed by atoms with Gasteiger partial charge in [0.15, 0.2) is 0 Å². The smallest absolute Gasteiger partial charge is 0.335 e. The Kier molecular flexibility index (Phi) is 4.37. The molecule has 1 amide bonds. The van der Waals surface area contributed by atoms with E-state index in [9.17, 15) is 9.59 Å². The van der Waals surface area contributed by atoms with E-state index >= 15 is 0 Å². The maximum atomic E-state index is 12.5. The molecule has 0 saturated carbocycles. The van der Waals surface area contributed by atoms with Gasteiger partial charge < -0.3 is 10.0 Å². The van der Waals surface area contributed by atoms with Gasteiger partial charge in [-0.05, 0) is 42.7 Å². The summed E-state index contributed by atoms with van der Waals surface area (Å²) in [5, 5.41) is 9.13. The van der Waals surface area contributed by atoms with Crippen LogP contribution in [-0.2, 0) is 0 Å². The van der Waals surface area contributed by atoms with Crippen LogP contribution in [0.5, 0.6) is 0 Å². The number of carboxylic acid groups (broad SMARTS) is 1. The van der Waals surface area contributed by atoms with Gasteiger partial charge in [0.25, 0.3) is 5.91 Å². The van der Waals surface area contributed by atoms with Crippen molar-refractivity contribution in [3.63, 3.8) is 0 Å². The van der Waals surface area contributed by atoms with Gasteiger partial charge in [-0.1, -0.05) is 12.1 Å². The molecule has 0 radical (unpaired) electrons. The van der Waals surface area contributed by atoms with Crippen LogP contribution in [0.3, 0.4) is 0 Å². The van der Waals surface area contributed by atoms with E-state index < -0.39 is 5.97 Å². The van der Waals surface area contributed by atoms with Crippen LogP contribution in [0.2, 0.25) is 0 Å². The number of piperidine rings is 1. The second-order valence-electron chi connectivity index (χ2n) is 5.76. The second kappa shape index (κ2) is 6.60. The van der Waals surface area contributed by atoms with E-state index in [4.69, 9.17) is 5.11 Å². The molecule has 1 aromatic heterocycles. The van der Waals surface area contributed by atoms with Crippen molar-refractivity contribution in [3.05, 3.63) is 65.5 Å². The molecular formula is C18H18N2O3. The second-order valence-corrected chi connectivity index (χ2v) is 5.76. The molecule has 5 nitrogen and oxygen atoms in total. The summed E-state index contributed by atoms with van der Waals surface area (Å²) in [6.07, 6.45) is 5.10. The van der Waals surface area contributed by atoms with Crippen molar-refractivity contribution in [2.75, 3.05) is 13.1 Å². The number of hydrogen-bond acceptors (Lipinski definition) is 3. The Hall–Kier alpha value is -2.69. The van der Waals surface area contributed by atoms with E-state index in [1.807, 2.05) is 11.0 Å². The van der Waals surface area contributed by atoms with E-state index in [0.717, 1.165) is 24.9 Å². The van der Waals surface area contributed by atoms with Crippen molar-refractivity contribution in [3.8, 4) is 0 Å². The number of aromatic nitrogens is 1. The van der Waals surface area contributed by atoms with E-state index in [1.54, 1.807) is 42.7 Å². The summed E-state index contributed by atoms with van der Waals surface area (Å²) < 4.78 is 0. The van der Waals surface area contributed by atoms with Crippen LogP contribution in [0.1, 0.15) is 45.0 Å². The van der Waals surface area contributed by atoms with Crippen molar-refractivity contribution in [2.24, 2.45) is 0 Å². The Morgan fingerprint density at radius 3 is 2.74 bits per heavy atom. The first-order valence-corrected chi connectivity index (χ1v) is 7.67. The average Bonchev–Trinajstić information content (AvgIpc) is 2.62. The van der Waals surface area contributed by atoms with Gasteiger partial charge in [-0.3, -0.25) is 9.78 Å². The Morgan fingerprint density at radius 1 is 1.17 bits per heavy atom. The highest BCUT2D eigenvalue weighted by molar-refractivity contribution is 5.94. The minimum absolute atomic E-state index is 0.0165. The molecule has 3 rings (SSSR count). The van der Waals surface area contributed by atoms with E-state index in [0.29, 0.717) is 17.7 Å². The number of carboxylic acids is 1. The molecule has 2 heterocycles. The predicted octanol–water partition coefficient (Wildman–Crippen LogP) is 2.80. The first-order chi connectivity index (χ1) is 11.1. The number of pyridine rings is 1. The summed E-state index contributed by atoms with van der Waals surface area (Å²) in [4.78, 5) is 29.5. The number of hydrogen-bond donors (Lipinski definition) is 1. The van der Waals surface area contributed by atoms with Crippen molar-refractivity contribution in [1.29, 1.82) is 0 Å². The van der Waals surface area contributed by atoms with Crippen LogP contribution >= 0.6 is 0 Å². The Balaban J connectivity index is 1.77. The lowest BCUT2D eigenvalue weighted by Crippen LogP contribution is -2.39. The van der Waals surface area contributed by atoms with Gasteiger partial charge >= 0.3 is 5.97 Å². The Morgan fingerprint density at radius 2 is 2.00 bits per heavy atom. The average molecular weight is 310 g/mol. The zero-order chi connectivity index (χ0) is 16.2. The molecule has 1 aromatic carbocycles. The zero-order valence-electron chi connectivity index (χ0n) is 12.7. The molecule has 1 saturated heterocycles. The lowest BCUT2D eigenvalue weighted by atomic mass is 9.89. The SMILES string of the molecule is O=C(O)c1cccc([C@H]2CCCN(C(=O)c3cccnc3)C2)c1. The highest BCUT2D eigenvalue weighted by atomic mass is 16.4. The molecule has 118 valence electrons. The maximum Gasteiger partial charge on any atom is 0.335 e. The molecule has 0 aliphatic carbocycles. The molecule has 0 bridgehead atoms. The highest BCUT2D eigenvalue weighted by Crippen LogP contribution is 2.28. The van der Waals surface area contributed by atoms with Crippen LogP contribution in [0.15, 0.2) is 48.8 Å². The summed E-state index contributed by atoms with van der Waals surface area (Å²) >= 11 is 0. The summed E-state index contributed by atoms with van der Waals surface area (Å²) in [6.45, 7) is 1.33. The minimum Gasteiger partial charge on any atom is -0.478 e. The summed E-state index contributed by atoms with van der Waals surface area (Å²) in [6, 6.07) is 10.5. The zero-order valence-corrected chi connectivity index (χ0v) is 12.7. The molecule has 1 fully saturated rings. The van der Waals surface area contributed by atoms with Gasteiger partial charge in [-0.25, -0.2) is 4.79 Å². The van der Waals surface area contributed by atoms with E-state index in [2.05, 4.69) is 4.98 Å². The van der Waals surface area contributed by atoms with Gasteiger partial charge in [0.05, 0.1) is 11.1 Å². The monoisotopic (exact) mass is 310 g/mol.